The van der Waals surface area contributed by atoms with Crippen LogP contribution in [0.15, 0.2) is 65.0 Å². The molecule has 0 radical (unpaired) electrons. The van der Waals surface area contributed by atoms with Crippen LogP contribution in [0.2, 0.25) is 0 Å². The van der Waals surface area contributed by atoms with Gasteiger partial charge in [-0.1, -0.05) is 83.8 Å². The molecule has 1 heterocycles. The molecule has 3 aromatic rings. The zero-order valence-corrected chi connectivity index (χ0v) is 15.9. The number of nitrogens with one attached hydrogen (secondary N) is 1. The van der Waals surface area contributed by atoms with Crippen LogP contribution in [-0.2, 0) is 16.1 Å². The monoisotopic (exact) mass is 385 g/mol. The van der Waals surface area contributed by atoms with Crippen LogP contribution in [0.25, 0.3) is 0 Å². The second kappa shape index (κ2) is 9.35. The van der Waals surface area contributed by atoms with Crippen LogP contribution < -0.4 is 5.32 Å². The molecule has 0 aliphatic rings. The van der Waals surface area contributed by atoms with Gasteiger partial charge in [0.2, 0.25) is 5.13 Å². The maximum absolute atomic E-state index is 12.4. The number of nitrogens with zero attached hydrogens (tertiary/aromatic N) is 2. The van der Waals surface area contributed by atoms with Crippen LogP contribution in [0.3, 0.4) is 0 Å². The summed E-state index contributed by atoms with van der Waals surface area (Å²) in [7, 11) is 0. The lowest BCUT2D eigenvalue weighted by molar-refractivity contribution is -0.142. The van der Waals surface area contributed by atoms with Crippen molar-refractivity contribution in [1.29, 1.82) is 0 Å². The Morgan fingerprint density at radius 2 is 1.81 bits per heavy atom. The van der Waals surface area contributed by atoms with E-state index in [1.54, 1.807) is 6.92 Å². The normalized spacial score (nSPS) is 11.7. The highest BCUT2D eigenvalue weighted by molar-refractivity contribution is 8.01. The Morgan fingerprint density at radius 3 is 2.50 bits per heavy atom. The molecule has 2 aromatic carbocycles. The van der Waals surface area contributed by atoms with E-state index in [1.807, 2.05) is 48.5 Å². The molecule has 3 rings (SSSR count). The summed E-state index contributed by atoms with van der Waals surface area (Å²) < 4.78 is 5.95. The highest BCUT2D eigenvalue weighted by atomic mass is 32.2. The SMILES string of the molecule is CCOC(=O)[C@@H](Sc1nnc(NCc2ccccc2)s1)c1ccccc1. The number of carbonyl (C=O) groups is 1. The fraction of sp³-hybridized carbons (Fsp3) is 0.211. The average molecular weight is 386 g/mol. The lowest BCUT2D eigenvalue weighted by Gasteiger charge is -2.13. The van der Waals surface area contributed by atoms with Gasteiger partial charge in [-0.2, -0.15) is 0 Å². The van der Waals surface area contributed by atoms with E-state index in [4.69, 9.17) is 4.74 Å². The van der Waals surface area contributed by atoms with Crippen molar-refractivity contribution in [3.63, 3.8) is 0 Å². The Balaban J connectivity index is 1.67. The molecular formula is C19H19N3O2S2. The maximum Gasteiger partial charge on any atom is 0.324 e. The van der Waals surface area contributed by atoms with E-state index in [2.05, 4.69) is 27.6 Å². The Labute approximate surface area is 160 Å². The third-order valence-electron chi connectivity index (χ3n) is 3.51. The predicted octanol–water partition coefficient (Wildman–Crippen LogP) is 4.55. The molecule has 5 nitrogen and oxygen atoms in total. The van der Waals surface area contributed by atoms with Gasteiger partial charge in [0.1, 0.15) is 5.25 Å². The van der Waals surface area contributed by atoms with Crippen molar-refractivity contribution in [3.8, 4) is 0 Å². The topological polar surface area (TPSA) is 64.1 Å². The van der Waals surface area contributed by atoms with Crippen molar-refractivity contribution in [1.82, 2.24) is 10.2 Å². The quantitative estimate of drug-likeness (QED) is 0.453. The van der Waals surface area contributed by atoms with E-state index < -0.39 is 5.25 Å². The van der Waals surface area contributed by atoms with Gasteiger partial charge in [-0.15, -0.1) is 10.2 Å². The number of anilines is 1. The second-order valence-corrected chi connectivity index (χ2v) is 7.70. The van der Waals surface area contributed by atoms with Crippen LogP contribution >= 0.6 is 23.1 Å². The fourth-order valence-corrected chi connectivity index (χ4v) is 4.24. The minimum atomic E-state index is -0.453. The van der Waals surface area contributed by atoms with Crippen molar-refractivity contribution in [2.45, 2.75) is 23.1 Å². The van der Waals surface area contributed by atoms with Crippen molar-refractivity contribution in [2.75, 3.05) is 11.9 Å². The minimum absolute atomic E-state index is 0.266. The first-order valence-electron chi connectivity index (χ1n) is 8.26. The van der Waals surface area contributed by atoms with Crippen LogP contribution in [0.1, 0.15) is 23.3 Å². The van der Waals surface area contributed by atoms with Gasteiger partial charge in [0.05, 0.1) is 6.61 Å². The number of ether oxygens (including phenoxy) is 1. The third kappa shape index (κ3) is 5.06. The average Bonchev–Trinajstić information content (AvgIpc) is 3.14. The van der Waals surface area contributed by atoms with Gasteiger partial charge in [-0.25, -0.2) is 0 Å². The number of rotatable bonds is 8. The molecule has 0 saturated carbocycles. The number of hydrogen-bond acceptors (Lipinski definition) is 7. The Kier molecular flexibility index (Phi) is 6.62. The number of aromatic nitrogens is 2. The van der Waals surface area contributed by atoms with Crippen molar-refractivity contribution < 1.29 is 9.53 Å². The van der Waals surface area contributed by atoms with E-state index in [0.29, 0.717) is 13.2 Å². The standard InChI is InChI=1S/C19H19N3O2S2/c1-2-24-17(23)16(15-11-7-4-8-12-15)25-19-22-21-18(26-19)20-13-14-9-5-3-6-10-14/h3-12,16H,2,13H2,1H3,(H,20,21)/t16-/m0/s1. The van der Waals surface area contributed by atoms with E-state index in [9.17, 15) is 4.79 Å². The van der Waals surface area contributed by atoms with Crippen LogP contribution in [0, 0.1) is 0 Å². The van der Waals surface area contributed by atoms with E-state index in [0.717, 1.165) is 15.0 Å². The number of esters is 1. The highest BCUT2D eigenvalue weighted by Crippen LogP contribution is 2.38. The Bertz CT molecular complexity index is 825. The van der Waals surface area contributed by atoms with Crippen molar-refractivity contribution in [3.05, 3.63) is 71.8 Å². The first kappa shape index (κ1) is 18.4. The Hall–Kier alpha value is -2.38. The van der Waals surface area contributed by atoms with E-state index >= 15 is 0 Å². The number of thioether (sulfide) groups is 1. The molecule has 1 atom stereocenters. The summed E-state index contributed by atoms with van der Waals surface area (Å²) in [5, 5.41) is 11.9. The largest absolute Gasteiger partial charge is 0.465 e. The molecule has 0 bridgehead atoms. The molecule has 0 unspecified atom stereocenters. The first-order valence-corrected chi connectivity index (χ1v) is 9.95. The lowest BCUT2D eigenvalue weighted by atomic mass is 10.1. The molecular weight excluding hydrogens is 366 g/mol. The lowest BCUT2D eigenvalue weighted by Crippen LogP contribution is -2.13. The van der Waals surface area contributed by atoms with E-state index in [-0.39, 0.29) is 5.97 Å². The summed E-state index contributed by atoms with van der Waals surface area (Å²) in [6.07, 6.45) is 0. The molecule has 7 heteroatoms. The van der Waals surface area contributed by atoms with Crippen molar-refractivity contribution >= 4 is 34.2 Å². The molecule has 0 saturated heterocycles. The molecule has 134 valence electrons. The van der Waals surface area contributed by atoms with Gasteiger partial charge in [0, 0.05) is 6.54 Å². The summed E-state index contributed by atoms with van der Waals surface area (Å²) in [6, 6.07) is 19.7. The predicted molar refractivity (Wildman–Crippen MR) is 105 cm³/mol. The smallest absolute Gasteiger partial charge is 0.324 e. The second-order valence-electron chi connectivity index (χ2n) is 5.37. The number of hydrogen-bond donors (Lipinski definition) is 1. The van der Waals surface area contributed by atoms with Gasteiger partial charge >= 0.3 is 5.97 Å². The van der Waals surface area contributed by atoms with E-state index in [1.165, 1.54) is 28.7 Å². The number of benzene rings is 2. The molecule has 0 spiro atoms. The highest BCUT2D eigenvalue weighted by Gasteiger charge is 2.25. The zero-order chi connectivity index (χ0) is 18.2. The molecule has 0 aliphatic heterocycles. The molecule has 26 heavy (non-hydrogen) atoms. The molecule has 0 fully saturated rings. The summed E-state index contributed by atoms with van der Waals surface area (Å²) in [5.74, 6) is -0.266. The summed E-state index contributed by atoms with van der Waals surface area (Å²) in [4.78, 5) is 12.4. The van der Waals surface area contributed by atoms with Gasteiger partial charge < -0.3 is 10.1 Å². The van der Waals surface area contributed by atoms with Gasteiger partial charge in [0.25, 0.3) is 0 Å². The molecule has 1 aromatic heterocycles. The van der Waals surface area contributed by atoms with Gasteiger partial charge in [-0.05, 0) is 18.1 Å². The van der Waals surface area contributed by atoms with Gasteiger partial charge in [-0.3, -0.25) is 4.79 Å². The Morgan fingerprint density at radius 1 is 1.12 bits per heavy atom. The fourth-order valence-electron chi connectivity index (χ4n) is 2.30. The van der Waals surface area contributed by atoms with Crippen LogP contribution in [0.5, 0.6) is 0 Å². The third-order valence-corrected chi connectivity index (χ3v) is 5.71. The minimum Gasteiger partial charge on any atom is -0.465 e. The van der Waals surface area contributed by atoms with Crippen LogP contribution in [-0.4, -0.2) is 22.8 Å². The van der Waals surface area contributed by atoms with Crippen LogP contribution in [0.4, 0.5) is 5.13 Å². The first-order chi connectivity index (χ1) is 12.8. The molecule has 1 N–H and O–H groups in total. The van der Waals surface area contributed by atoms with Crippen molar-refractivity contribution in [2.24, 2.45) is 0 Å². The maximum atomic E-state index is 12.4. The zero-order valence-electron chi connectivity index (χ0n) is 14.3. The summed E-state index contributed by atoms with van der Waals surface area (Å²) in [6.45, 7) is 2.84. The van der Waals surface area contributed by atoms with Gasteiger partial charge in [0.15, 0.2) is 4.34 Å². The molecule has 0 aliphatic carbocycles. The summed E-state index contributed by atoms with van der Waals surface area (Å²) >= 11 is 2.80. The number of carbonyl (C=O) groups excluding carboxylic acids is 1. The molecule has 0 amide bonds. The summed E-state index contributed by atoms with van der Waals surface area (Å²) in [5.41, 5.74) is 2.07.